The van der Waals surface area contributed by atoms with Crippen molar-refractivity contribution in [2.45, 2.75) is 31.7 Å². The number of halogens is 2. The van der Waals surface area contributed by atoms with E-state index in [0.29, 0.717) is 32.9 Å². The Hall–Kier alpha value is -4.30. The third-order valence-corrected chi connectivity index (χ3v) is 6.74. The van der Waals surface area contributed by atoms with Crippen LogP contribution in [0.15, 0.2) is 82.7 Å². The molecule has 4 aromatic rings. The van der Waals surface area contributed by atoms with E-state index in [1.807, 2.05) is 30.3 Å². The number of aromatic amines is 1. The van der Waals surface area contributed by atoms with Crippen LogP contribution in [0.5, 0.6) is 0 Å². The van der Waals surface area contributed by atoms with Crippen molar-refractivity contribution in [3.05, 3.63) is 105 Å². The minimum atomic E-state index is -1.00. The van der Waals surface area contributed by atoms with E-state index < -0.39 is 23.7 Å². The lowest BCUT2D eigenvalue weighted by atomic mass is 9.91. The van der Waals surface area contributed by atoms with E-state index in [9.17, 15) is 18.8 Å². The molecule has 1 aromatic heterocycles. The fraction of sp³-hybridized carbons (Fsp3) is 0.172. The number of hydrogen-bond acceptors (Lipinski definition) is 4. The Balaban J connectivity index is 1.67. The molecule has 0 bridgehead atoms. The third kappa shape index (κ3) is 5.08. The third-order valence-electron chi connectivity index (χ3n) is 6.51. The van der Waals surface area contributed by atoms with Gasteiger partial charge in [0.25, 0.3) is 5.56 Å². The number of carbonyl (C=O) groups excluding carboxylic acids is 1. The molecule has 9 heteroatoms. The molecule has 192 valence electrons. The number of amides is 1. The molecular formula is C29H23ClFN3O4. The lowest BCUT2D eigenvalue weighted by Crippen LogP contribution is -2.27. The van der Waals surface area contributed by atoms with Crippen LogP contribution >= 0.6 is 11.6 Å². The monoisotopic (exact) mass is 531 g/mol. The number of aliphatic carboxylic acids is 1. The maximum atomic E-state index is 14.1. The molecule has 0 spiro atoms. The quantitative estimate of drug-likeness (QED) is 0.309. The van der Waals surface area contributed by atoms with Crippen molar-refractivity contribution < 1.29 is 19.1 Å². The summed E-state index contributed by atoms with van der Waals surface area (Å²) in [4.78, 5) is 40.6. The second kappa shape index (κ2) is 10.6. The van der Waals surface area contributed by atoms with Crippen LogP contribution < -0.4 is 5.56 Å². The molecule has 0 radical (unpaired) electrons. The Kier molecular flexibility index (Phi) is 7.07. The molecule has 7 nitrogen and oxygen atoms in total. The van der Waals surface area contributed by atoms with Crippen molar-refractivity contribution in [1.29, 1.82) is 0 Å². The molecule has 2 heterocycles. The molecule has 1 atom stereocenters. The Morgan fingerprint density at radius 2 is 1.82 bits per heavy atom. The van der Waals surface area contributed by atoms with E-state index >= 15 is 0 Å². The number of hydrogen-bond donors (Lipinski definition) is 2. The normalized spacial score (nSPS) is 15.1. The molecule has 38 heavy (non-hydrogen) atoms. The SMILES string of the molecule is O=C(O)CCCC(=O)N1N=C(c2c(-c3ccccc3)c3cc(Cl)ccc3[nH]c2=O)CC1c1cccc(F)c1. The molecule has 5 rings (SSSR count). The summed E-state index contributed by atoms with van der Waals surface area (Å²) in [5.74, 6) is -1.87. The molecule has 0 aliphatic carbocycles. The number of carbonyl (C=O) groups is 2. The zero-order valence-corrected chi connectivity index (χ0v) is 20.9. The number of benzene rings is 3. The fourth-order valence-electron chi connectivity index (χ4n) is 4.82. The van der Waals surface area contributed by atoms with Crippen molar-refractivity contribution >= 4 is 40.1 Å². The zero-order chi connectivity index (χ0) is 26.8. The van der Waals surface area contributed by atoms with Gasteiger partial charge in [-0.2, -0.15) is 5.10 Å². The first-order valence-corrected chi connectivity index (χ1v) is 12.5. The van der Waals surface area contributed by atoms with Gasteiger partial charge in [0.05, 0.1) is 17.3 Å². The van der Waals surface area contributed by atoms with Gasteiger partial charge in [0.2, 0.25) is 5.91 Å². The number of hydrazone groups is 1. The number of carboxylic acid groups (broad SMARTS) is 1. The first-order chi connectivity index (χ1) is 18.3. The van der Waals surface area contributed by atoms with Gasteiger partial charge in [0.1, 0.15) is 5.82 Å². The van der Waals surface area contributed by atoms with Crippen LogP contribution in [0.1, 0.15) is 42.9 Å². The average molecular weight is 532 g/mol. The largest absolute Gasteiger partial charge is 0.481 e. The molecule has 2 N–H and O–H groups in total. The maximum Gasteiger partial charge on any atom is 0.303 e. The highest BCUT2D eigenvalue weighted by atomic mass is 35.5. The first kappa shape index (κ1) is 25.4. The topological polar surface area (TPSA) is 103 Å². The zero-order valence-electron chi connectivity index (χ0n) is 20.2. The van der Waals surface area contributed by atoms with E-state index in [2.05, 4.69) is 10.1 Å². The van der Waals surface area contributed by atoms with Crippen LogP contribution in [-0.4, -0.2) is 32.7 Å². The van der Waals surface area contributed by atoms with E-state index in [1.165, 1.54) is 17.1 Å². The van der Waals surface area contributed by atoms with Gasteiger partial charge in [-0.15, -0.1) is 0 Å². The summed E-state index contributed by atoms with van der Waals surface area (Å²) in [6.45, 7) is 0. The van der Waals surface area contributed by atoms with E-state index in [1.54, 1.807) is 30.3 Å². The summed E-state index contributed by atoms with van der Waals surface area (Å²) in [6.07, 6.45) is 0.0903. The average Bonchev–Trinajstić information content (AvgIpc) is 3.34. The molecular weight excluding hydrogens is 509 g/mol. The number of nitrogens with zero attached hydrogens (tertiary/aromatic N) is 2. The van der Waals surface area contributed by atoms with Crippen molar-refractivity contribution in [3.8, 4) is 11.1 Å². The summed E-state index contributed by atoms with van der Waals surface area (Å²) in [5, 5.41) is 16.0. The van der Waals surface area contributed by atoms with Gasteiger partial charge < -0.3 is 10.1 Å². The van der Waals surface area contributed by atoms with Crippen LogP contribution in [0.4, 0.5) is 4.39 Å². The van der Waals surface area contributed by atoms with Gasteiger partial charge in [-0.25, -0.2) is 9.40 Å². The highest BCUT2D eigenvalue weighted by Gasteiger charge is 2.35. The number of aromatic nitrogens is 1. The van der Waals surface area contributed by atoms with Gasteiger partial charge in [0, 0.05) is 40.8 Å². The Bertz CT molecular complexity index is 1630. The van der Waals surface area contributed by atoms with Crippen molar-refractivity contribution in [3.63, 3.8) is 0 Å². The highest BCUT2D eigenvalue weighted by Crippen LogP contribution is 2.38. The standard InChI is InChI=1S/C29H23ClFN3O4/c30-19-12-13-22-21(15-19)27(17-6-2-1-3-7-17)28(29(38)32-22)23-16-24(18-8-4-9-20(31)14-18)34(33-23)25(35)10-5-11-26(36)37/h1-4,6-9,12-15,24H,5,10-11,16H2,(H,32,38)(H,36,37). The van der Waals surface area contributed by atoms with Crippen LogP contribution in [-0.2, 0) is 9.59 Å². The van der Waals surface area contributed by atoms with Gasteiger partial charge in [-0.3, -0.25) is 14.4 Å². The molecule has 1 aliphatic rings. The number of H-pyrrole nitrogens is 1. The summed E-state index contributed by atoms with van der Waals surface area (Å²) in [6, 6.07) is 19.8. The molecule has 1 unspecified atom stereocenters. The second-order valence-electron chi connectivity index (χ2n) is 9.07. The minimum Gasteiger partial charge on any atom is -0.481 e. The van der Waals surface area contributed by atoms with Gasteiger partial charge >= 0.3 is 5.97 Å². The number of rotatable bonds is 7. The maximum absolute atomic E-state index is 14.1. The minimum absolute atomic E-state index is 0.0515. The van der Waals surface area contributed by atoms with Gasteiger partial charge in [-0.05, 0) is 47.9 Å². The predicted octanol–water partition coefficient (Wildman–Crippen LogP) is 5.92. The summed E-state index contributed by atoms with van der Waals surface area (Å²) in [7, 11) is 0. The van der Waals surface area contributed by atoms with E-state index in [-0.39, 0.29) is 31.2 Å². The summed E-state index contributed by atoms with van der Waals surface area (Å²) >= 11 is 6.33. The molecule has 0 saturated heterocycles. The van der Waals surface area contributed by atoms with Crippen molar-refractivity contribution in [2.24, 2.45) is 5.10 Å². The number of carboxylic acids is 1. The van der Waals surface area contributed by atoms with Crippen LogP contribution in [0.3, 0.4) is 0 Å². The van der Waals surface area contributed by atoms with E-state index in [4.69, 9.17) is 16.7 Å². The molecule has 1 amide bonds. The second-order valence-corrected chi connectivity index (χ2v) is 9.50. The fourth-order valence-corrected chi connectivity index (χ4v) is 4.99. The Morgan fingerprint density at radius 3 is 2.55 bits per heavy atom. The first-order valence-electron chi connectivity index (χ1n) is 12.1. The molecule has 0 fully saturated rings. The molecule has 1 aliphatic heterocycles. The smallest absolute Gasteiger partial charge is 0.303 e. The highest BCUT2D eigenvalue weighted by molar-refractivity contribution is 6.31. The molecule has 3 aromatic carbocycles. The van der Waals surface area contributed by atoms with E-state index in [0.717, 1.165) is 10.9 Å². The van der Waals surface area contributed by atoms with Gasteiger partial charge in [0.15, 0.2) is 0 Å². The number of pyridine rings is 1. The lowest BCUT2D eigenvalue weighted by molar-refractivity contribution is -0.137. The Labute approximate surface area is 222 Å². The van der Waals surface area contributed by atoms with Crippen LogP contribution in [0.25, 0.3) is 22.0 Å². The van der Waals surface area contributed by atoms with Crippen molar-refractivity contribution in [2.75, 3.05) is 0 Å². The van der Waals surface area contributed by atoms with Gasteiger partial charge in [-0.1, -0.05) is 54.1 Å². The number of nitrogens with one attached hydrogen (secondary N) is 1. The Morgan fingerprint density at radius 1 is 1.03 bits per heavy atom. The lowest BCUT2D eigenvalue weighted by Gasteiger charge is -2.22. The summed E-state index contributed by atoms with van der Waals surface area (Å²) < 4.78 is 14.1. The summed E-state index contributed by atoms with van der Waals surface area (Å²) in [5.41, 5.74) is 2.82. The van der Waals surface area contributed by atoms with Crippen LogP contribution in [0.2, 0.25) is 5.02 Å². The van der Waals surface area contributed by atoms with Crippen molar-refractivity contribution in [1.82, 2.24) is 9.99 Å². The predicted molar refractivity (Wildman–Crippen MR) is 144 cm³/mol. The number of fused-ring (bicyclic) bond motifs is 1. The molecule has 0 saturated carbocycles. The van der Waals surface area contributed by atoms with Crippen LogP contribution in [0, 0.1) is 5.82 Å².